The maximum absolute atomic E-state index is 12.4. The van der Waals surface area contributed by atoms with Crippen molar-refractivity contribution in [2.24, 2.45) is 0 Å². The molecule has 1 aromatic rings. The molecule has 116 valence electrons. The number of anilines is 1. The molecule has 1 fully saturated rings. The van der Waals surface area contributed by atoms with E-state index in [1.165, 1.54) is 22.4 Å². The molecule has 2 heterocycles. The summed E-state index contributed by atoms with van der Waals surface area (Å²) >= 11 is 7.08. The molecule has 21 heavy (non-hydrogen) atoms. The van der Waals surface area contributed by atoms with Crippen LogP contribution in [0.2, 0.25) is 4.34 Å². The zero-order chi connectivity index (χ0) is 15.4. The predicted molar refractivity (Wildman–Crippen MR) is 81.7 cm³/mol. The largest absolute Gasteiger partial charge is 0.439 e. The quantitative estimate of drug-likeness (QED) is 0.751. The molecular weight excluding hydrogens is 314 g/mol. The second-order valence-corrected chi connectivity index (χ2v) is 6.38. The third kappa shape index (κ3) is 3.65. The molecule has 0 spiro atoms. The van der Waals surface area contributed by atoms with Gasteiger partial charge in [0, 0.05) is 13.0 Å². The van der Waals surface area contributed by atoms with Gasteiger partial charge in [0.05, 0.1) is 12.7 Å². The number of thiazole rings is 1. The third-order valence-corrected chi connectivity index (χ3v) is 4.14. The summed E-state index contributed by atoms with van der Waals surface area (Å²) in [6.45, 7) is 4.88. The molecule has 1 aromatic heterocycles. The SMILES string of the molecule is CCCC(=O)OC1CN(CCC)C(=O)N1c1ncc(Cl)s1. The molecule has 6 nitrogen and oxygen atoms in total. The molecule has 0 bridgehead atoms. The monoisotopic (exact) mass is 331 g/mol. The van der Waals surface area contributed by atoms with Gasteiger partial charge in [-0.25, -0.2) is 14.7 Å². The van der Waals surface area contributed by atoms with E-state index in [1.54, 1.807) is 4.90 Å². The fourth-order valence-corrected chi connectivity index (χ4v) is 3.08. The predicted octanol–water partition coefficient (Wildman–Crippen LogP) is 3.12. The van der Waals surface area contributed by atoms with Crippen molar-refractivity contribution in [2.75, 3.05) is 18.0 Å². The first-order chi connectivity index (χ1) is 10.1. The standard InChI is InChI=1S/C13H18ClN3O3S/c1-3-5-11(18)20-10-8-16(6-4-2)13(19)17(10)12-15-7-9(14)21-12/h7,10H,3-6,8H2,1-2H3. The van der Waals surface area contributed by atoms with E-state index in [9.17, 15) is 9.59 Å². The van der Waals surface area contributed by atoms with Crippen LogP contribution in [0.1, 0.15) is 33.1 Å². The zero-order valence-electron chi connectivity index (χ0n) is 12.0. The van der Waals surface area contributed by atoms with Crippen molar-refractivity contribution in [2.45, 2.75) is 39.3 Å². The molecule has 1 unspecified atom stereocenters. The van der Waals surface area contributed by atoms with Crippen molar-refractivity contribution in [3.63, 3.8) is 0 Å². The molecule has 0 radical (unpaired) electrons. The van der Waals surface area contributed by atoms with Crippen LogP contribution < -0.4 is 4.90 Å². The van der Waals surface area contributed by atoms with Gasteiger partial charge in [-0.2, -0.15) is 0 Å². The summed E-state index contributed by atoms with van der Waals surface area (Å²) in [5.41, 5.74) is 0. The van der Waals surface area contributed by atoms with Gasteiger partial charge in [-0.3, -0.25) is 4.79 Å². The van der Waals surface area contributed by atoms with E-state index < -0.39 is 6.23 Å². The molecule has 8 heteroatoms. The zero-order valence-corrected chi connectivity index (χ0v) is 13.6. The van der Waals surface area contributed by atoms with Gasteiger partial charge < -0.3 is 9.64 Å². The Kier molecular flexibility index (Phi) is 5.41. The topological polar surface area (TPSA) is 62.7 Å². The van der Waals surface area contributed by atoms with Crippen molar-refractivity contribution in [3.05, 3.63) is 10.5 Å². The Morgan fingerprint density at radius 3 is 2.86 bits per heavy atom. The highest BCUT2D eigenvalue weighted by Gasteiger charge is 2.41. The Labute approximate surface area is 132 Å². The van der Waals surface area contributed by atoms with Gasteiger partial charge in [0.15, 0.2) is 5.13 Å². The highest BCUT2D eigenvalue weighted by atomic mass is 35.5. The van der Waals surface area contributed by atoms with Gasteiger partial charge in [0.25, 0.3) is 0 Å². The van der Waals surface area contributed by atoms with Crippen LogP contribution >= 0.6 is 22.9 Å². The normalized spacial score (nSPS) is 18.4. The number of hydrogen-bond acceptors (Lipinski definition) is 5. The van der Waals surface area contributed by atoms with Gasteiger partial charge in [-0.15, -0.1) is 0 Å². The Balaban J connectivity index is 2.18. The number of aromatic nitrogens is 1. The number of ether oxygens (including phenoxy) is 1. The van der Waals surface area contributed by atoms with Crippen LogP contribution in [0.5, 0.6) is 0 Å². The second kappa shape index (κ2) is 7.09. The summed E-state index contributed by atoms with van der Waals surface area (Å²) in [7, 11) is 0. The number of hydrogen-bond donors (Lipinski definition) is 0. The number of urea groups is 1. The molecule has 1 saturated heterocycles. The lowest BCUT2D eigenvalue weighted by atomic mass is 10.3. The summed E-state index contributed by atoms with van der Waals surface area (Å²) in [6, 6.07) is -0.197. The van der Waals surface area contributed by atoms with Crippen molar-refractivity contribution in [1.29, 1.82) is 0 Å². The lowest BCUT2D eigenvalue weighted by molar-refractivity contribution is -0.148. The fraction of sp³-hybridized carbons (Fsp3) is 0.615. The number of amides is 2. The Morgan fingerprint density at radius 1 is 1.52 bits per heavy atom. The molecule has 1 atom stereocenters. The fourth-order valence-electron chi connectivity index (χ4n) is 2.15. The molecule has 2 rings (SSSR count). The van der Waals surface area contributed by atoms with E-state index in [0.29, 0.717) is 35.4 Å². The summed E-state index contributed by atoms with van der Waals surface area (Å²) in [5.74, 6) is -0.304. The first kappa shape index (κ1) is 16.0. The number of rotatable bonds is 6. The number of nitrogens with zero attached hydrogens (tertiary/aromatic N) is 3. The van der Waals surface area contributed by atoms with E-state index >= 15 is 0 Å². The van der Waals surface area contributed by atoms with Crippen LogP contribution in [-0.2, 0) is 9.53 Å². The summed E-state index contributed by atoms with van der Waals surface area (Å²) in [5, 5.41) is 0.456. The van der Waals surface area contributed by atoms with Crippen LogP contribution in [0.25, 0.3) is 0 Å². The van der Waals surface area contributed by atoms with Crippen molar-refractivity contribution in [3.8, 4) is 0 Å². The highest BCUT2D eigenvalue weighted by Crippen LogP contribution is 2.32. The Hall–Kier alpha value is -1.34. The van der Waals surface area contributed by atoms with Crippen molar-refractivity contribution in [1.82, 2.24) is 9.88 Å². The highest BCUT2D eigenvalue weighted by molar-refractivity contribution is 7.19. The van der Waals surface area contributed by atoms with E-state index in [-0.39, 0.29) is 12.0 Å². The smallest absolute Gasteiger partial charge is 0.329 e. The van der Waals surface area contributed by atoms with Gasteiger partial charge in [0.2, 0.25) is 6.23 Å². The molecule has 1 aliphatic heterocycles. The molecule has 0 saturated carbocycles. The lowest BCUT2D eigenvalue weighted by Crippen LogP contribution is -2.37. The van der Waals surface area contributed by atoms with Gasteiger partial charge in [0.1, 0.15) is 4.34 Å². The third-order valence-electron chi connectivity index (χ3n) is 3.03. The minimum atomic E-state index is -0.634. The number of esters is 1. The van der Waals surface area contributed by atoms with Crippen LogP contribution in [0.3, 0.4) is 0 Å². The van der Waals surface area contributed by atoms with Gasteiger partial charge >= 0.3 is 12.0 Å². The summed E-state index contributed by atoms with van der Waals surface area (Å²) in [4.78, 5) is 31.4. The molecule has 2 amide bonds. The average Bonchev–Trinajstić information content (AvgIpc) is 2.96. The second-order valence-electron chi connectivity index (χ2n) is 4.74. The van der Waals surface area contributed by atoms with Gasteiger partial charge in [-0.05, 0) is 12.8 Å². The van der Waals surface area contributed by atoms with Crippen molar-refractivity contribution >= 4 is 40.1 Å². The average molecular weight is 332 g/mol. The lowest BCUT2D eigenvalue weighted by Gasteiger charge is -2.20. The van der Waals surface area contributed by atoms with Crippen LogP contribution in [0.4, 0.5) is 9.93 Å². The van der Waals surface area contributed by atoms with Crippen LogP contribution in [0.15, 0.2) is 6.20 Å². The molecular formula is C13H18ClN3O3S. The minimum absolute atomic E-state index is 0.197. The van der Waals surface area contributed by atoms with E-state index in [2.05, 4.69) is 4.98 Å². The van der Waals surface area contributed by atoms with E-state index in [4.69, 9.17) is 16.3 Å². The molecule has 0 aliphatic carbocycles. The number of halogens is 1. The van der Waals surface area contributed by atoms with Crippen LogP contribution in [0, 0.1) is 0 Å². The Morgan fingerprint density at radius 2 is 2.29 bits per heavy atom. The summed E-state index contributed by atoms with van der Waals surface area (Å²) < 4.78 is 5.91. The van der Waals surface area contributed by atoms with E-state index in [1.807, 2.05) is 13.8 Å². The van der Waals surface area contributed by atoms with Crippen molar-refractivity contribution < 1.29 is 14.3 Å². The maximum Gasteiger partial charge on any atom is 0.329 e. The number of carbonyl (C=O) groups excluding carboxylic acids is 2. The van der Waals surface area contributed by atoms with E-state index in [0.717, 1.165) is 6.42 Å². The molecule has 1 aliphatic rings. The Bertz CT molecular complexity index is 523. The first-order valence-corrected chi connectivity index (χ1v) is 8.15. The van der Waals surface area contributed by atoms with Crippen LogP contribution in [-0.4, -0.2) is 41.2 Å². The maximum atomic E-state index is 12.4. The molecule has 0 aromatic carbocycles. The number of carbonyl (C=O) groups is 2. The minimum Gasteiger partial charge on any atom is -0.439 e. The van der Waals surface area contributed by atoms with Gasteiger partial charge in [-0.1, -0.05) is 36.8 Å². The first-order valence-electron chi connectivity index (χ1n) is 6.95. The summed E-state index contributed by atoms with van der Waals surface area (Å²) in [6.07, 6.45) is 2.74. The molecule has 0 N–H and O–H groups in total.